The SMILES string of the molecule is CCc1cc(N2CCC(Cc3cnn(C)c3)C2)nc(-c2ccncc2)n1. The lowest BCUT2D eigenvalue weighted by Gasteiger charge is -2.19. The van der Waals surface area contributed by atoms with E-state index in [-0.39, 0.29) is 0 Å². The summed E-state index contributed by atoms with van der Waals surface area (Å²) in [5.74, 6) is 2.47. The molecule has 6 heteroatoms. The lowest BCUT2D eigenvalue weighted by molar-refractivity contribution is 0.586. The van der Waals surface area contributed by atoms with Gasteiger partial charge in [-0.25, -0.2) is 9.97 Å². The molecule has 0 amide bonds. The molecular formula is C20H24N6. The quantitative estimate of drug-likeness (QED) is 0.709. The third kappa shape index (κ3) is 3.59. The van der Waals surface area contributed by atoms with E-state index in [1.807, 2.05) is 30.1 Å². The van der Waals surface area contributed by atoms with Crippen LogP contribution in [0.15, 0.2) is 43.0 Å². The minimum atomic E-state index is 0.642. The molecule has 6 nitrogen and oxygen atoms in total. The summed E-state index contributed by atoms with van der Waals surface area (Å²) in [6.07, 6.45) is 10.8. The second-order valence-corrected chi connectivity index (χ2v) is 6.96. The minimum Gasteiger partial charge on any atom is -0.356 e. The summed E-state index contributed by atoms with van der Waals surface area (Å²) < 4.78 is 1.88. The lowest BCUT2D eigenvalue weighted by Crippen LogP contribution is -2.22. The van der Waals surface area contributed by atoms with Gasteiger partial charge in [-0.2, -0.15) is 5.10 Å². The lowest BCUT2D eigenvalue weighted by atomic mass is 10.0. The molecule has 0 aromatic carbocycles. The zero-order valence-corrected chi connectivity index (χ0v) is 15.3. The predicted molar refractivity (Wildman–Crippen MR) is 102 cm³/mol. The van der Waals surface area contributed by atoms with Crippen LogP contribution in [0.2, 0.25) is 0 Å². The van der Waals surface area contributed by atoms with E-state index in [1.165, 1.54) is 12.0 Å². The van der Waals surface area contributed by atoms with E-state index in [0.29, 0.717) is 5.92 Å². The maximum Gasteiger partial charge on any atom is 0.161 e. The van der Waals surface area contributed by atoms with Crippen LogP contribution in [0.1, 0.15) is 24.6 Å². The Morgan fingerprint density at radius 2 is 2.04 bits per heavy atom. The highest BCUT2D eigenvalue weighted by Crippen LogP contribution is 2.27. The molecule has 134 valence electrons. The van der Waals surface area contributed by atoms with E-state index >= 15 is 0 Å². The van der Waals surface area contributed by atoms with E-state index in [9.17, 15) is 0 Å². The number of aromatic nitrogens is 5. The first-order valence-corrected chi connectivity index (χ1v) is 9.22. The fourth-order valence-corrected chi connectivity index (χ4v) is 3.57. The molecule has 1 aliphatic heterocycles. The number of hydrogen-bond donors (Lipinski definition) is 0. The van der Waals surface area contributed by atoms with Gasteiger partial charge < -0.3 is 4.90 Å². The molecule has 1 atom stereocenters. The Kier molecular flexibility index (Phi) is 4.65. The summed E-state index contributed by atoms with van der Waals surface area (Å²) in [6, 6.07) is 6.07. The summed E-state index contributed by atoms with van der Waals surface area (Å²) in [6.45, 7) is 4.21. The summed E-state index contributed by atoms with van der Waals surface area (Å²) in [4.78, 5) is 16.0. The number of aryl methyl sites for hydroxylation is 2. The second-order valence-electron chi connectivity index (χ2n) is 6.96. The molecule has 0 bridgehead atoms. The highest BCUT2D eigenvalue weighted by Gasteiger charge is 2.25. The topological polar surface area (TPSA) is 59.7 Å². The van der Waals surface area contributed by atoms with Gasteiger partial charge in [0.05, 0.1) is 6.20 Å². The van der Waals surface area contributed by atoms with Gasteiger partial charge in [0.25, 0.3) is 0 Å². The number of rotatable bonds is 5. The van der Waals surface area contributed by atoms with E-state index in [2.05, 4.69) is 34.2 Å². The summed E-state index contributed by atoms with van der Waals surface area (Å²) >= 11 is 0. The molecule has 1 aliphatic rings. The van der Waals surface area contributed by atoms with Crippen molar-refractivity contribution < 1.29 is 0 Å². The highest BCUT2D eigenvalue weighted by atomic mass is 15.2. The molecule has 3 aromatic rings. The molecule has 0 radical (unpaired) electrons. The first-order chi connectivity index (χ1) is 12.7. The van der Waals surface area contributed by atoms with Gasteiger partial charge in [-0.3, -0.25) is 9.67 Å². The maximum absolute atomic E-state index is 4.85. The Labute approximate surface area is 153 Å². The molecule has 0 saturated carbocycles. The fraction of sp³-hybridized carbons (Fsp3) is 0.400. The molecule has 0 aliphatic carbocycles. The van der Waals surface area contributed by atoms with Crippen molar-refractivity contribution in [2.24, 2.45) is 13.0 Å². The van der Waals surface area contributed by atoms with Gasteiger partial charge in [0, 0.05) is 56.1 Å². The normalized spacial score (nSPS) is 17.0. The van der Waals surface area contributed by atoms with Crippen molar-refractivity contribution in [3.05, 3.63) is 54.2 Å². The van der Waals surface area contributed by atoms with Crippen molar-refractivity contribution in [3.63, 3.8) is 0 Å². The molecule has 4 heterocycles. The van der Waals surface area contributed by atoms with Gasteiger partial charge in [-0.05, 0) is 42.9 Å². The molecular weight excluding hydrogens is 324 g/mol. The largest absolute Gasteiger partial charge is 0.356 e. The Morgan fingerprint density at radius 3 is 2.77 bits per heavy atom. The van der Waals surface area contributed by atoms with Crippen molar-refractivity contribution in [2.45, 2.75) is 26.2 Å². The Balaban J connectivity index is 1.54. The van der Waals surface area contributed by atoms with Crippen LogP contribution in [0.3, 0.4) is 0 Å². The van der Waals surface area contributed by atoms with Crippen LogP contribution in [0.4, 0.5) is 5.82 Å². The minimum absolute atomic E-state index is 0.642. The van der Waals surface area contributed by atoms with Crippen LogP contribution in [0.25, 0.3) is 11.4 Å². The van der Waals surface area contributed by atoms with Crippen molar-refractivity contribution in [1.29, 1.82) is 0 Å². The molecule has 4 rings (SSSR count). The summed E-state index contributed by atoms with van der Waals surface area (Å²) in [5, 5.41) is 4.28. The number of hydrogen-bond acceptors (Lipinski definition) is 5. The zero-order valence-electron chi connectivity index (χ0n) is 15.3. The maximum atomic E-state index is 4.85. The molecule has 0 spiro atoms. The third-order valence-corrected chi connectivity index (χ3v) is 4.96. The van der Waals surface area contributed by atoms with Crippen LogP contribution < -0.4 is 4.90 Å². The molecule has 3 aromatic heterocycles. The monoisotopic (exact) mass is 348 g/mol. The molecule has 1 fully saturated rings. The van der Waals surface area contributed by atoms with Gasteiger partial charge in [0.15, 0.2) is 5.82 Å². The van der Waals surface area contributed by atoms with E-state index < -0.39 is 0 Å². The van der Waals surface area contributed by atoms with Crippen LogP contribution in [0.5, 0.6) is 0 Å². The van der Waals surface area contributed by atoms with Gasteiger partial charge >= 0.3 is 0 Å². The Bertz CT molecular complexity index is 873. The van der Waals surface area contributed by atoms with Crippen LogP contribution in [-0.4, -0.2) is 37.8 Å². The van der Waals surface area contributed by atoms with Gasteiger partial charge in [0.2, 0.25) is 0 Å². The van der Waals surface area contributed by atoms with E-state index in [4.69, 9.17) is 9.97 Å². The van der Waals surface area contributed by atoms with Gasteiger partial charge in [-0.1, -0.05) is 6.92 Å². The third-order valence-electron chi connectivity index (χ3n) is 4.96. The Morgan fingerprint density at radius 1 is 1.19 bits per heavy atom. The van der Waals surface area contributed by atoms with Crippen molar-refractivity contribution in [2.75, 3.05) is 18.0 Å². The molecule has 0 N–H and O–H groups in total. The average molecular weight is 348 g/mol. The molecule has 1 saturated heterocycles. The molecule has 26 heavy (non-hydrogen) atoms. The van der Waals surface area contributed by atoms with Crippen LogP contribution in [-0.2, 0) is 19.9 Å². The van der Waals surface area contributed by atoms with Gasteiger partial charge in [0.1, 0.15) is 5.82 Å². The van der Waals surface area contributed by atoms with Crippen LogP contribution in [0, 0.1) is 5.92 Å². The smallest absolute Gasteiger partial charge is 0.161 e. The highest BCUT2D eigenvalue weighted by molar-refractivity contribution is 5.57. The van der Waals surface area contributed by atoms with Crippen molar-refractivity contribution in [1.82, 2.24) is 24.7 Å². The van der Waals surface area contributed by atoms with E-state index in [1.54, 1.807) is 12.4 Å². The predicted octanol–water partition coefficient (Wildman–Crippen LogP) is 2.90. The van der Waals surface area contributed by atoms with Crippen molar-refractivity contribution >= 4 is 5.82 Å². The first kappa shape index (κ1) is 16.7. The summed E-state index contributed by atoms with van der Waals surface area (Å²) in [5.41, 5.74) is 3.41. The molecule has 1 unspecified atom stereocenters. The average Bonchev–Trinajstić information content (AvgIpc) is 3.31. The van der Waals surface area contributed by atoms with E-state index in [0.717, 1.165) is 48.8 Å². The standard InChI is InChI=1S/C20H24N6/c1-3-18-11-19(24-20(23-18)17-4-7-21-8-5-17)26-9-6-15(14-26)10-16-12-22-25(2)13-16/h4-5,7-8,11-13,15H,3,6,9-10,14H2,1-2H3. The van der Waals surface area contributed by atoms with Crippen molar-refractivity contribution in [3.8, 4) is 11.4 Å². The second kappa shape index (κ2) is 7.23. The number of anilines is 1. The summed E-state index contributed by atoms with van der Waals surface area (Å²) in [7, 11) is 1.97. The Hall–Kier alpha value is -2.76. The number of nitrogens with zero attached hydrogens (tertiary/aromatic N) is 6. The first-order valence-electron chi connectivity index (χ1n) is 9.22. The van der Waals surface area contributed by atoms with Gasteiger partial charge in [-0.15, -0.1) is 0 Å². The zero-order chi connectivity index (χ0) is 17.9. The fourth-order valence-electron chi connectivity index (χ4n) is 3.57. The number of pyridine rings is 1. The van der Waals surface area contributed by atoms with Crippen LogP contribution >= 0.6 is 0 Å².